The van der Waals surface area contributed by atoms with Gasteiger partial charge in [0, 0.05) is 23.2 Å². The molecule has 0 fully saturated rings. The Morgan fingerprint density at radius 2 is 2.03 bits per heavy atom. The van der Waals surface area contributed by atoms with E-state index in [1.807, 2.05) is 5.38 Å². The highest BCUT2D eigenvalue weighted by Gasteiger charge is 2.31. The number of nitrogens with zero attached hydrogens (tertiary/aromatic N) is 3. The summed E-state index contributed by atoms with van der Waals surface area (Å²) in [5.41, 5.74) is 9.54. The lowest BCUT2D eigenvalue weighted by atomic mass is 9.87. The van der Waals surface area contributed by atoms with Crippen molar-refractivity contribution in [3.63, 3.8) is 0 Å². The Kier molecular flexibility index (Phi) is 7.12. The van der Waals surface area contributed by atoms with Gasteiger partial charge in [0.15, 0.2) is 0 Å². The van der Waals surface area contributed by atoms with Crippen LogP contribution in [0.25, 0.3) is 5.57 Å². The number of hydrazone groups is 1. The SMILES string of the molecule is CCOC(=O)Cc1csc(NN=Cc2ccc3c(c2)C(C)=CC(C)(C)N3Cc2ccccc2)n1. The van der Waals surface area contributed by atoms with Crippen LogP contribution in [-0.4, -0.2) is 29.3 Å². The molecule has 176 valence electrons. The zero-order valence-electron chi connectivity index (χ0n) is 20.0. The second kappa shape index (κ2) is 10.2. The van der Waals surface area contributed by atoms with Gasteiger partial charge >= 0.3 is 5.97 Å². The standard InChI is InChI=1S/C27H30N4O2S/c1-5-33-25(32)14-22-18-34-26(29-22)30-28-16-21-11-12-24-23(13-21)19(2)15-27(3,4)31(24)17-20-9-7-6-8-10-20/h6-13,15-16,18H,5,14,17H2,1-4H3,(H,29,30). The quantitative estimate of drug-likeness (QED) is 0.250. The van der Waals surface area contributed by atoms with E-state index in [9.17, 15) is 4.79 Å². The number of carbonyl (C=O) groups is 1. The van der Waals surface area contributed by atoms with Crippen LogP contribution in [0.3, 0.4) is 0 Å². The first kappa shape index (κ1) is 23.7. The molecule has 2 aromatic carbocycles. The van der Waals surface area contributed by atoms with Crippen molar-refractivity contribution >= 4 is 39.9 Å². The van der Waals surface area contributed by atoms with Crippen molar-refractivity contribution in [1.82, 2.24) is 4.98 Å². The lowest BCUT2D eigenvalue weighted by molar-refractivity contribution is -0.142. The summed E-state index contributed by atoms with van der Waals surface area (Å²) in [6.07, 6.45) is 4.29. The maximum atomic E-state index is 11.6. The van der Waals surface area contributed by atoms with E-state index in [-0.39, 0.29) is 17.9 Å². The van der Waals surface area contributed by atoms with Crippen molar-refractivity contribution < 1.29 is 9.53 Å². The van der Waals surface area contributed by atoms with Crippen LogP contribution in [0, 0.1) is 0 Å². The number of benzene rings is 2. The number of esters is 1. The van der Waals surface area contributed by atoms with Crippen LogP contribution in [0.5, 0.6) is 0 Å². The minimum Gasteiger partial charge on any atom is -0.466 e. The first-order valence-electron chi connectivity index (χ1n) is 11.4. The second-order valence-electron chi connectivity index (χ2n) is 8.83. The van der Waals surface area contributed by atoms with Gasteiger partial charge in [-0.15, -0.1) is 11.3 Å². The lowest BCUT2D eigenvalue weighted by Crippen LogP contribution is -2.44. The summed E-state index contributed by atoms with van der Waals surface area (Å²) in [6, 6.07) is 17.0. The van der Waals surface area contributed by atoms with Crippen LogP contribution >= 0.6 is 11.3 Å². The maximum Gasteiger partial charge on any atom is 0.311 e. The fraction of sp³-hybridized carbons (Fsp3) is 0.296. The van der Waals surface area contributed by atoms with Crippen molar-refractivity contribution in [2.75, 3.05) is 16.9 Å². The molecule has 2 heterocycles. The van der Waals surface area contributed by atoms with E-state index in [0.717, 1.165) is 12.1 Å². The van der Waals surface area contributed by atoms with E-state index >= 15 is 0 Å². The van der Waals surface area contributed by atoms with Gasteiger partial charge in [0.1, 0.15) is 0 Å². The number of thiazole rings is 1. The lowest BCUT2D eigenvalue weighted by Gasteiger charge is -2.43. The van der Waals surface area contributed by atoms with Crippen LogP contribution in [0.4, 0.5) is 10.8 Å². The molecule has 0 atom stereocenters. The molecule has 0 bridgehead atoms. The molecular weight excluding hydrogens is 444 g/mol. The van der Waals surface area contributed by atoms with E-state index in [1.54, 1.807) is 13.1 Å². The first-order chi connectivity index (χ1) is 16.4. The molecule has 0 radical (unpaired) electrons. The molecule has 0 saturated heterocycles. The van der Waals surface area contributed by atoms with Crippen LogP contribution in [-0.2, 0) is 22.5 Å². The van der Waals surface area contributed by atoms with Crippen LogP contribution in [0.2, 0.25) is 0 Å². The molecule has 0 spiro atoms. The van der Waals surface area contributed by atoms with Crippen molar-refractivity contribution in [3.05, 3.63) is 82.4 Å². The third-order valence-corrected chi connectivity index (χ3v) is 6.54. The molecule has 1 aliphatic rings. The number of allylic oxidation sites excluding steroid dienone is 1. The predicted octanol–water partition coefficient (Wildman–Crippen LogP) is 5.90. The average molecular weight is 475 g/mol. The van der Waals surface area contributed by atoms with Gasteiger partial charge in [0.05, 0.1) is 30.5 Å². The number of fused-ring (bicyclic) bond motifs is 1. The largest absolute Gasteiger partial charge is 0.466 e. The topological polar surface area (TPSA) is 66.8 Å². The van der Waals surface area contributed by atoms with Gasteiger partial charge in [-0.25, -0.2) is 4.98 Å². The average Bonchev–Trinajstić information content (AvgIpc) is 3.24. The van der Waals surface area contributed by atoms with Gasteiger partial charge in [0.25, 0.3) is 0 Å². The zero-order chi connectivity index (χ0) is 24.1. The number of hydrogen-bond acceptors (Lipinski definition) is 7. The Hall–Kier alpha value is -3.45. The number of nitrogens with one attached hydrogen (secondary N) is 1. The molecule has 4 rings (SSSR count). The summed E-state index contributed by atoms with van der Waals surface area (Å²) in [7, 11) is 0. The summed E-state index contributed by atoms with van der Waals surface area (Å²) >= 11 is 1.41. The first-order valence-corrected chi connectivity index (χ1v) is 12.3. The second-order valence-corrected chi connectivity index (χ2v) is 9.68. The Morgan fingerprint density at radius 1 is 1.24 bits per heavy atom. The minimum absolute atomic E-state index is 0.0871. The molecule has 1 N–H and O–H groups in total. The fourth-order valence-electron chi connectivity index (χ4n) is 4.20. The highest BCUT2D eigenvalue weighted by Crippen LogP contribution is 2.40. The predicted molar refractivity (Wildman–Crippen MR) is 140 cm³/mol. The minimum atomic E-state index is -0.273. The monoisotopic (exact) mass is 474 g/mol. The number of ether oxygens (including phenoxy) is 1. The van der Waals surface area contributed by atoms with Crippen LogP contribution < -0.4 is 10.3 Å². The van der Waals surface area contributed by atoms with Crippen molar-refractivity contribution in [2.24, 2.45) is 5.10 Å². The van der Waals surface area contributed by atoms with Crippen molar-refractivity contribution in [3.8, 4) is 0 Å². The summed E-state index contributed by atoms with van der Waals surface area (Å²) in [4.78, 5) is 18.5. The molecule has 1 aliphatic heterocycles. The van der Waals surface area contributed by atoms with Crippen LogP contribution in [0.15, 0.2) is 65.1 Å². The number of rotatable bonds is 8. The summed E-state index contributed by atoms with van der Waals surface area (Å²) in [5, 5.41) is 6.83. The third kappa shape index (κ3) is 5.54. The normalized spacial score (nSPS) is 14.6. The highest BCUT2D eigenvalue weighted by molar-refractivity contribution is 7.13. The summed E-state index contributed by atoms with van der Waals surface area (Å²) in [5.74, 6) is -0.273. The highest BCUT2D eigenvalue weighted by atomic mass is 32.1. The molecule has 7 heteroatoms. The van der Waals surface area contributed by atoms with E-state index < -0.39 is 0 Å². The maximum absolute atomic E-state index is 11.6. The summed E-state index contributed by atoms with van der Waals surface area (Å²) < 4.78 is 4.97. The number of carbonyl (C=O) groups excluding carboxylic acids is 1. The van der Waals surface area contributed by atoms with E-state index in [2.05, 4.69) is 95.8 Å². The number of anilines is 2. The number of hydrogen-bond donors (Lipinski definition) is 1. The number of aromatic nitrogens is 1. The van der Waals surface area contributed by atoms with Gasteiger partial charge in [-0.05, 0) is 56.5 Å². The third-order valence-electron chi connectivity index (χ3n) is 5.74. The van der Waals surface area contributed by atoms with Crippen molar-refractivity contribution in [1.29, 1.82) is 0 Å². The Morgan fingerprint density at radius 3 is 2.79 bits per heavy atom. The molecule has 0 amide bonds. The van der Waals surface area contributed by atoms with E-state index in [0.29, 0.717) is 17.4 Å². The van der Waals surface area contributed by atoms with Crippen LogP contribution in [0.1, 0.15) is 50.1 Å². The van der Waals surface area contributed by atoms with Gasteiger partial charge < -0.3 is 9.64 Å². The van der Waals surface area contributed by atoms with E-state index in [1.165, 1.54) is 33.7 Å². The Bertz CT molecular complexity index is 1210. The molecule has 34 heavy (non-hydrogen) atoms. The molecule has 1 aromatic heterocycles. The summed E-state index contributed by atoms with van der Waals surface area (Å²) in [6.45, 7) is 9.69. The van der Waals surface area contributed by atoms with Gasteiger partial charge in [-0.1, -0.05) is 42.5 Å². The molecule has 3 aromatic rings. The molecular formula is C27H30N4O2S. The molecule has 0 saturated carbocycles. The van der Waals surface area contributed by atoms with Gasteiger partial charge in [0.2, 0.25) is 5.13 Å². The Balaban J connectivity index is 1.48. The smallest absolute Gasteiger partial charge is 0.311 e. The molecule has 0 aliphatic carbocycles. The Labute approximate surface area is 205 Å². The van der Waals surface area contributed by atoms with E-state index in [4.69, 9.17) is 4.74 Å². The van der Waals surface area contributed by atoms with Gasteiger partial charge in [-0.2, -0.15) is 5.10 Å². The zero-order valence-corrected chi connectivity index (χ0v) is 20.9. The van der Waals surface area contributed by atoms with Crippen molar-refractivity contribution in [2.45, 2.75) is 46.2 Å². The molecule has 0 unspecified atom stereocenters. The van der Waals surface area contributed by atoms with Gasteiger partial charge in [-0.3, -0.25) is 10.2 Å². The fourth-order valence-corrected chi connectivity index (χ4v) is 4.86. The molecule has 6 nitrogen and oxygen atoms in total.